The van der Waals surface area contributed by atoms with Gasteiger partial charge in [-0.15, -0.1) is 0 Å². The number of anilines is 3. The lowest BCUT2D eigenvalue weighted by molar-refractivity contribution is 0.104. The van der Waals surface area contributed by atoms with Crippen LogP contribution in [0.25, 0.3) is 71.6 Å². The van der Waals surface area contributed by atoms with Gasteiger partial charge in [0.1, 0.15) is 0 Å². The zero-order chi connectivity index (χ0) is 37.2. The van der Waals surface area contributed by atoms with Crippen molar-refractivity contribution in [1.82, 2.24) is 4.57 Å². The second-order valence-corrected chi connectivity index (χ2v) is 14.4. The first kappa shape index (κ1) is 32.0. The smallest absolute Gasteiger partial charge is 0.196 e. The quantitative estimate of drug-likeness (QED) is 0.171. The third kappa shape index (κ3) is 5.02. The van der Waals surface area contributed by atoms with Gasteiger partial charge in [0.25, 0.3) is 0 Å². The molecule has 262 valence electrons. The molecule has 11 rings (SSSR count). The van der Waals surface area contributed by atoms with Gasteiger partial charge in [-0.1, -0.05) is 152 Å². The minimum Gasteiger partial charge on any atom is -0.310 e. The maximum Gasteiger partial charge on any atom is 0.196 e. The number of hydrogen-bond donors (Lipinski definition) is 0. The van der Waals surface area contributed by atoms with E-state index in [0.717, 1.165) is 61.7 Å². The lowest BCUT2D eigenvalue weighted by atomic mass is 9.97. The van der Waals surface area contributed by atoms with Gasteiger partial charge in [-0.05, 0) is 98.8 Å². The number of fused-ring (bicyclic) bond motifs is 7. The van der Waals surface area contributed by atoms with Crippen LogP contribution in [0.2, 0.25) is 0 Å². The molecule has 3 heteroatoms. The lowest BCUT2D eigenvalue weighted by Gasteiger charge is -2.28. The predicted molar refractivity (Wildman–Crippen MR) is 233 cm³/mol. The summed E-state index contributed by atoms with van der Waals surface area (Å²) in [5.74, 6) is 0.0588. The summed E-state index contributed by atoms with van der Waals surface area (Å²) < 4.78 is 2.35. The van der Waals surface area contributed by atoms with Crippen LogP contribution in [-0.4, -0.2) is 10.4 Å². The van der Waals surface area contributed by atoms with Gasteiger partial charge < -0.3 is 9.47 Å². The summed E-state index contributed by atoms with van der Waals surface area (Å²) in [5, 5.41) is 4.95. The van der Waals surface area contributed by atoms with E-state index in [-0.39, 0.29) is 5.78 Å². The number of carbonyl (C=O) groups excluding carboxylic acids is 1. The number of nitrogens with zero attached hydrogens (tertiary/aromatic N) is 2. The molecule has 1 aliphatic rings. The monoisotopic (exact) mass is 714 g/mol. The Balaban J connectivity index is 0.991. The zero-order valence-electron chi connectivity index (χ0n) is 30.4. The number of carbonyl (C=O) groups is 1. The topological polar surface area (TPSA) is 25.2 Å². The van der Waals surface area contributed by atoms with Gasteiger partial charge in [0.05, 0.1) is 22.3 Å². The minimum absolute atomic E-state index is 0.0588. The minimum atomic E-state index is 0.0588. The Hall–Kier alpha value is -7.49. The Morgan fingerprint density at radius 2 is 0.839 bits per heavy atom. The summed E-state index contributed by atoms with van der Waals surface area (Å²) in [4.78, 5) is 16.3. The molecule has 1 aromatic heterocycles. The molecule has 0 atom stereocenters. The maximum atomic E-state index is 14.1. The van der Waals surface area contributed by atoms with E-state index in [4.69, 9.17) is 0 Å². The van der Waals surface area contributed by atoms with Crippen molar-refractivity contribution in [2.45, 2.75) is 0 Å². The molecule has 0 saturated carbocycles. The van der Waals surface area contributed by atoms with Crippen LogP contribution >= 0.6 is 0 Å². The van der Waals surface area contributed by atoms with Crippen LogP contribution in [0, 0.1) is 0 Å². The second kappa shape index (κ2) is 12.8. The fraction of sp³-hybridized carbons (Fsp3) is 0. The molecule has 56 heavy (non-hydrogen) atoms. The average molecular weight is 715 g/mol. The van der Waals surface area contributed by atoms with Gasteiger partial charge in [-0.2, -0.15) is 0 Å². The highest BCUT2D eigenvalue weighted by atomic mass is 16.1. The van der Waals surface area contributed by atoms with Crippen LogP contribution in [-0.2, 0) is 0 Å². The molecule has 0 saturated heterocycles. The van der Waals surface area contributed by atoms with Gasteiger partial charge in [-0.3, -0.25) is 4.79 Å². The van der Waals surface area contributed by atoms with Crippen LogP contribution in [0.4, 0.5) is 17.1 Å². The third-order valence-electron chi connectivity index (χ3n) is 11.4. The fourth-order valence-corrected chi connectivity index (χ4v) is 8.74. The molecule has 1 aliphatic carbocycles. The third-order valence-corrected chi connectivity index (χ3v) is 11.4. The van der Waals surface area contributed by atoms with Crippen molar-refractivity contribution in [2.24, 2.45) is 0 Å². The molecule has 0 spiro atoms. The van der Waals surface area contributed by atoms with Crippen LogP contribution in [0.15, 0.2) is 206 Å². The summed E-state index contributed by atoms with van der Waals surface area (Å²) in [5.41, 5.74) is 14.4. The number of hydrogen-bond acceptors (Lipinski definition) is 2. The summed E-state index contributed by atoms with van der Waals surface area (Å²) >= 11 is 0. The van der Waals surface area contributed by atoms with Crippen LogP contribution < -0.4 is 4.90 Å². The summed E-state index contributed by atoms with van der Waals surface area (Å²) in [6, 6.07) is 72.6. The van der Waals surface area contributed by atoms with E-state index in [9.17, 15) is 4.79 Å². The highest BCUT2D eigenvalue weighted by Gasteiger charge is 2.31. The predicted octanol–water partition coefficient (Wildman–Crippen LogP) is 14.0. The van der Waals surface area contributed by atoms with E-state index in [0.29, 0.717) is 0 Å². The Kier molecular flexibility index (Phi) is 7.33. The van der Waals surface area contributed by atoms with Crippen LogP contribution in [0.5, 0.6) is 0 Å². The molecule has 0 unspecified atom stereocenters. The second-order valence-electron chi connectivity index (χ2n) is 14.4. The molecule has 9 aromatic carbocycles. The van der Waals surface area contributed by atoms with E-state index < -0.39 is 0 Å². The molecular weight excluding hydrogens is 681 g/mol. The molecule has 0 amide bonds. The lowest BCUT2D eigenvalue weighted by Crippen LogP contribution is -2.13. The number of ketones is 1. The molecule has 0 aliphatic heterocycles. The number of rotatable bonds is 6. The molecule has 10 aromatic rings. The van der Waals surface area contributed by atoms with Crippen LogP contribution in [0.3, 0.4) is 0 Å². The van der Waals surface area contributed by atoms with Crippen molar-refractivity contribution in [3.63, 3.8) is 0 Å². The van der Waals surface area contributed by atoms with Gasteiger partial charge in [0.15, 0.2) is 5.78 Å². The molecule has 1 heterocycles. The first-order valence-corrected chi connectivity index (χ1v) is 19.1. The molecule has 0 fully saturated rings. The molecule has 3 nitrogen and oxygen atoms in total. The fourth-order valence-electron chi connectivity index (χ4n) is 8.74. The number of benzene rings is 9. The average Bonchev–Trinajstić information content (AvgIpc) is 3.76. The van der Waals surface area contributed by atoms with E-state index >= 15 is 0 Å². The molecule has 0 bridgehead atoms. The summed E-state index contributed by atoms with van der Waals surface area (Å²) in [6.45, 7) is 0. The Morgan fingerprint density at radius 1 is 0.357 bits per heavy atom. The van der Waals surface area contributed by atoms with Gasteiger partial charge in [0, 0.05) is 33.4 Å². The Bertz CT molecular complexity index is 3080. The van der Waals surface area contributed by atoms with Crippen molar-refractivity contribution in [3.8, 4) is 39.1 Å². The van der Waals surface area contributed by atoms with Gasteiger partial charge in [-0.25, -0.2) is 0 Å². The molecule has 0 N–H and O–H groups in total. The molecule has 0 radical (unpaired) electrons. The summed E-state index contributed by atoms with van der Waals surface area (Å²) in [6.07, 6.45) is 0. The molecular formula is C53H34N2O. The van der Waals surface area contributed by atoms with E-state index in [1.54, 1.807) is 0 Å². The normalized spacial score (nSPS) is 12.0. The summed E-state index contributed by atoms with van der Waals surface area (Å²) in [7, 11) is 0. The Labute approximate surface area is 325 Å². The highest BCUT2D eigenvalue weighted by molar-refractivity contribution is 6.25. The standard InChI is InChI=1S/C53H34N2O/c56-53-48-17-4-3-14-44(48)47-19-10-22-51(52(47)53)54(40-33-27-38(28-34-40)43-18-9-12-37-11-1-2-13-42(37)43)39-29-23-35(24-30-39)36-25-31-41(32-26-36)55-49-20-7-5-15-45(49)46-16-6-8-21-50(46)55/h1-34H. The maximum absolute atomic E-state index is 14.1. The first-order chi connectivity index (χ1) is 27.7. The van der Waals surface area contributed by atoms with Crippen LogP contribution in [0.1, 0.15) is 15.9 Å². The van der Waals surface area contributed by atoms with Crippen molar-refractivity contribution in [1.29, 1.82) is 0 Å². The largest absolute Gasteiger partial charge is 0.310 e. The zero-order valence-corrected chi connectivity index (χ0v) is 30.4. The SMILES string of the molecule is O=C1c2ccccc2-c2cccc(N(c3ccc(-c4ccc(-n5c6ccccc6c6ccccc65)cc4)cc3)c3ccc(-c4cccc5ccccc45)cc3)c21. The van der Waals surface area contributed by atoms with E-state index in [1.165, 1.54) is 38.1 Å². The van der Waals surface area contributed by atoms with Gasteiger partial charge in [0.2, 0.25) is 0 Å². The van der Waals surface area contributed by atoms with Crippen molar-refractivity contribution >= 4 is 55.4 Å². The van der Waals surface area contributed by atoms with Gasteiger partial charge >= 0.3 is 0 Å². The highest BCUT2D eigenvalue weighted by Crippen LogP contribution is 2.46. The number of aromatic nitrogens is 1. The Morgan fingerprint density at radius 3 is 1.52 bits per heavy atom. The van der Waals surface area contributed by atoms with E-state index in [2.05, 4.69) is 191 Å². The van der Waals surface area contributed by atoms with Crippen molar-refractivity contribution in [3.05, 3.63) is 217 Å². The number of para-hydroxylation sites is 2. The van der Waals surface area contributed by atoms with E-state index in [1.807, 2.05) is 24.3 Å². The first-order valence-electron chi connectivity index (χ1n) is 19.1. The van der Waals surface area contributed by atoms with Crippen molar-refractivity contribution in [2.75, 3.05) is 4.90 Å². The van der Waals surface area contributed by atoms with Crippen molar-refractivity contribution < 1.29 is 4.79 Å².